The minimum Gasteiger partial charge on any atom is -0.378 e. The van der Waals surface area contributed by atoms with Crippen molar-refractivity contribution in [2.75, 3.05) is 29.5 Å². The van der Waals surface area contributed by atoms with Gasteiger partial charge in [-0.1, -0.05) is 12.1 Å². The van der Waals surface area contributed by atoms with Gasteiger partial charge in [0.1, 0.15) is 0 Å². The van der Waals surface area contributed by atoms with Gasteiger partial charge < -0.3 is 4.90 Å². The molecule has 0 radical (unpaired) electrons. The molecule has 0 bridgehead atoms. The van der Waals surface area contributed by atoms with Crippen molar-refractivity contribution in [3.63, 3.8) is 0 Å². The first kappa shape index (κ1) is 20.2. The van der Waals surface area contributed by atoms with Gasteiger partial charge in [0.15, 0.2) is 0 Å². The lowest BCUT2D eigenvalue weighted by Gasteiger charge is -2.14. The van der Waals surface area contributed by atoms with Gasteiger partial charge in [0.2, 0.25) is 10.0 Å². The molecule has 2 rings (SSSR count). The topological polar surface area (TPSA) is 108 Å². The molecule has 0 saturated heterocycles. The molecule has 0 heterocycles. The molecule has 0 fully saturated rings. The highest BCUT2D eigenvalue weighted by molar-refractivity contribution is 7.92. The highest BCUT2D eigenvalue weighted by Gasteiger charge is 2.12. The number of amides is 2. The average molecular weight is 390 g/mol. The van der Waals surface area contributed by atoms with Crippen molar-refractivity contribution >= 4 is 33.2 Å². The van der Waals surface area contributed by atoms with E-state index in [2.05, 4.69) is 15.6 Å². The number of nitrogens with one attached hydrogen (secondary N) is 3. The standard InChI is InChI=1S/C18H22N4O4S/c1-4-27(25,26)21-15-9-5-7-13(11-15)17(23)19-20-18(24)14-8-6-10-16(12-14)22(2)3/h5-12,21H,4H2,1-3H3,(H,19,23)(H,20,24). The lowest BCUT2D eigenvalue weighted by molar-refractivity contribution is 0.0847. The fraction of sp³-hybridized carbons (Fsp3) is 0.222. The van der Waals surface area contributed by atoms with Gasteiger partial charge in [-0.2, -0.15) is 0 Å². The highest BCUT2D eigenvalue weighted by Crippen LogP contribution is 2.14. The summed E-state index contributed by atoms with van der Waals surface area (Å²) in [7, 11) is 0.276. The SMILES string of the molecule is CCS(=O)(=O)Nc1cccc(C(=O)NNC(=O)c2cccc(N(C)C)c2)c1. The van der Waals surface area contributed by atoms with Gasteiger partial charge in [0, 0.05) is 36.6 Å². The third-order valence-electron chi connectivity index (χ3n) is 3.69. The van der Waals surface area contributed by atoms with E-state index in [0.29, 0.717) is 5.56 Å². The third-order valence-corrected chi connectivity index (χ3v) is 5.00. The second kappa shape index (κ2) is 8.54. The van der Waals surface area contributed by atoms with Crippen LogP contribution in [0.5, 0.6) is 0 Å². The summed E-state index contributed by atoms with van der Waals surface area (Å²) in [5.74, 6) is -1.11. The Morgan fingerprint density at radius 2 is 1.48 bits per heavy atom. The van der Waals surface area contributed by atoms with Crippen LogP contribution >= 0.6 is 0 Å². The zero-order chi connectivity index (χ0) is 20.0. The number of benzene rings is 2. The summed E-state index contributed by atoms with van der Waals surface area (Å²) < 4.78 is 25.6. The van der Waals surface area contributed by atoms with E-state index in [4.69, 9.17) is 0 Å². The molecule has 2 aromatic carbocycles. The van der Waals surface area contributed by atoms with Gasteiger partial charge in [-0.25, -0.2) is 8.42 Å². The van der Waals surface area contributed by atoms with Crippen molar-refractivity contribution in [3.05, 3.63) is 59.7 Å². The summed E-state index contributed by atoms with van der Waals surface area (Å²) in [6.07, 6.45) is 0. The van der Waals surface area contributed by atoms with E-state index in [-0.39, 0.29) is 17.0 Å². The van der Waals surface area contributed by atoms with Crippen molar-refractivity contribution in [2.45, 2.75) is 6.92 Å². The molecule has 0 saturated carbocycles. The maximum absolute atomic E-state index is 12.2. The Balaban J connectivity index is 2.03. The van der Waals surface area contributed by atoms with E-state index >= 15 is 0 Å². The molecule has 3 N–H and O–H groups in total. The summed E-state index contributed by atoms with van der Waals surface area (Å²) in [5.41, 5.74) is 6.39. The lowest BCUT2D eigenvalue weighted by atomic mass is 10.2. The van der Waals surface area contributed by atoms with Crippen molar-refractivity contribution in [2.24, 2.45) is 0 Å². The highest BCUT2D eigenvalue weighted by atomic mass is 32.2. The van der Waals surface area contributed by atoms with Crippen LogP contribution in [0.1, 0.15) is 27.6 Å². The van der Waals surface area contributed by atoms with E-state index in [1.807, 2.05) is 25.1 Å². The number of sulfonamides is 1. The first-order valence-electron chi connectivity index (χ1n) is 8.20. The second-order valence-electron chi connectivity index (χ2n) is 5.94. The normalized spacial score (nSPS) is 10.8. The summed E-state index contributed by atoms with van der Waals surface area (Å²) in [4.78, 5) is 26.3. The van der Waals surface area contributed by atoms with E-state index < -0.39 is 21.8 Å². The van der Waals surface area contributed by atoms with Gasteiger partial charge in [0.25, 0.3) is 11.8 Å². The van der Waals surface area contributed by atoms with Crippen LogP contribution in [-0.2, 0) is 10.0 Å². The Bertz CT molecular complexity index is 942. The Morgan fingerprint density at radius 3 is 2.04 bits per heavy atom. The molecule has 8 nitrogen and oxygen atoms in total. The Kier molecular flexibility index (Phi) is 6.40. The van der Waals surface area contributed by atoms with Gasteiger partial charge in [-0.3, -0.25) is 25.2 Å². The van der Waals surface area contributed by atoms with Crippen molar-refractivity contribution in [3.8, 4) is 0 Å². The number of carbonyl (C=O) groups excluding carboxylic acids is 2. The Morgan fingerprint density at radius 1 is 0.926 bits per heavy atom. The monoisotopic (exact) mass is 390 g/mol. The number of rotatable bonds is 6. The van der Waals surface area contributed by atoms with E-state index in [1.165, 1.54) is 25.1 Å². The predicted octanol–water partition coefficient (Wildman–Crippen LogP) is 1.59. The molecule has 0 aliphatic heterocycles. The molecule has 0 aliphatic rings. The first-order valence-corrected chi connectivity index (χ1v) is 9.85. The quantitative estimate of drug-likeness (QED) is 0.649. The summed E-state index contributed by atoms with van der Waals surface area (Å²) in [5, 5.41) is 0. The average Bonchev–Trinajstić information content (AvgIpc) is 2.65. The van der Waals surface area contributed by atoms with Gasteiger partial charge in [-0.05, 0) is 43.3 Å². The summed E-state index contributed by atoms with van der Waals surface area (Å²) in [6.45, 7) is 1.51. The molecule has 27 heavy (non-hydrogen) atoms. The number of carbonyl (C=O) groups is 2. The molecule has 2 aromatic rings. The van der Waals surface area contributed by atoms with Crippen LogP contribution in [0.15, 0.2) is 48.5 Å². The fourth-order valence-electron chi connectivity index (χ4n) is 2.16. The minimum atomic E-state index is -3.44. The Labute approximate surface area is 158 Å². The summed E-state index contributed by atoms with van der Waals surface area (Å²) >= 11 is 0. The number of nitrogens with zero attached hydrogens (tertiary/aromatic N) is 1. The number of anilines is 2. The van der Waals surface area contributed by atoms with Crippen LogP contribution in [0.25, 0.3) is 0 Å². The van der Waals surface area contributed by atoms with Crippen molar-refractivity contribution in [1.29, 1.82) is 0 Å². The van der Waals surface area contributed by atoms with Crippen LogP contribution in [0.3, 0.4) is 0 Å². The molecule has 2 amide bonds. The number of hydrogen-bond donors (Lipinski definition) is 3. The first-order chi connectivity index (χ1) is 12.7. The number of hydrogen-bond acceptors (Lipinski definition) is 5. The van der Waals surface area contributed by atoms with Crippen LogP contribution in [0, 0.1) is 0 Å². The van der Waals surface area contributed by atoms with E-state index in [1.54, 1.807) is 24.3 Å². The maximum atomic E-state index is 12.2. The molecule has 0 aromatic heterocycles. The van der Waals surface area contributed by atoms with Crippen LogP contribution in [0.4, 0.5) is 11.4 Å². The zero-order valence-electron chi connectivity index (χ0n) is 15.3. The molecule has 144 valence electrons. The van der Waals surface area contributed by atoms with Crippen LogP contribution < -0.4 is 20.5 Å². The lowest BCUT2D eigenvalue weighted by Crippen LogP contribution is -2.41. The van der Waals surface area contributed by atoms with Gasteiger partial charge >= 0.3 is 0 Å². The molecule has 0 spiro atoms. The predicted molar refractivity (Wildman–Crippen MR) is 105 cm³/mol. The van der Waals surface area contributed by atoms with Crippen molar-refractivity contribution in [1.82, 2.24) is 10.9 Å². The molecule has 9 heteroatoms. The Hall–Kier alpha value is -3.07. The fourth-order valence-corrected chi connectivity index (χ4v) is 2.79. The zero-order valence-corrected chi connectivity index (χ0v) is 16.1. The molecule has 0 unspecified atom stereocenters. The molecule has 0 atom stereocenters. The minimum absolute atomic E-state index is 0.0779. The molecular formula is C18H22N4O4S. The molecule has 0 aliphatic carbocycles. The van der Waals surface area contributed by atoms with Crippen molar-refractivity contribution < 1.29 is 18.0 Å². The van der Waals surface area contributed by atoms with Gasteiger partial charge in [-0.15, -0.1) is 0 Å². The smallest absolute Gasteiger partial charge is 0.269 e. The third kappa shape index (κ3) is 5.71. The summed E-state index contributed by atoms with van der Waals surface area (Å²) in [6, 6.07) is 12.9. The van der Waals surface area contributed by atoms with E-state index in [0.717, 1.165) is 5.69 Å². The van der Waals surface area contributed by atoms with E-state index in [9.17, 15) is 18.0 Å². The number of hydrazine groups is 1. The van der Waals surface area contributed by atoms with Gasteiger partial charge in [0.05, 0.1) is 5.75 Å². The maximum Gasteiger partial charge on any atom is 0.269 e. The second-order valence-corrected chi connectivity index (χ2v) is 7.95. The largest absolute Gasteiger partial charge is 0.378 e. The van der Waals surface area contributed by atoms with Crippen LogP contribution in [-0.4, -0.2) is 40.1 Å². The van der Waals surface area contributed by atoms with Crippen LogP contribution in [0.2, 0.25) is 0 Å². The molecular weight excluding hydrogens is 368 g/mol.